The first-order valence-electron chi connectivity index (χ1n) is 12.7. The van der Waals surface area contributed by atoms with Crippen LogP contribution >= 0.6 is 22.9 Å². The van der Waals surface area contributed by atoms with Crippen LogP contribution in [0.25, 0.3) is 0 Å². The van der Waals surface area contributed by atoms with E-state index in [1.54, 1.807) is 28.4 Å². The van der Waals surface area contributed by atoms with Crippen molar-refractivity contribution < 1.29 is 14.3 Å². The van der Waals surface area contributed by atoms with E-state index in [0.29, 0.717) is 42.1 Å². The maximum absolute atomic E-state index is 13.7. The summed E-state index contributed by atoms with van der Waals surface area (Å²) in [6, 6.07) is 16.5. The fourth-order valence-corrected chi connectivity index (χ4v) is 5.39. The van der Waals surface area contributed by atoms with E-state index in [4.69, 9.17) is 16.3 Å². The van der Waals surface area contributed by atoms with Crippen molar-refractivity contribution in [3.05, 3.63) is 81.0 Å². The molecule has 2 heterocycles. The minimum absolute atomic E-state index is 0.0152. The first kappa shape index (κ1) is 27.0. The van der Waals surface area contributed by atoms with Crippen LogP contribution in [0.3, 0.4) is 0 Å². The van der Waals surface area contributed by atoms with Crippen LogP contribution in [0.5, 0.6) is 5.75 Å². The Balaban J connectivity index is 1.48. The summed E-state index contributed by atoms with van der Waals surface area (Å²) >= 11 is 7.72. The Morgan fingerprint density at radius 3 is 2.57 bits per heavy atom. The SMILES string of the molecule is Cc1ccc(NC(=O)N(CCC(C)C)CC(=O)N2CCc3sccc3C2COc2ccc(Cl)cc2)cc1. The van der Waals surface area contributed by atoms with Gasteiger partial charge in [0.25, 0.3) is 0 Å². The number of halogens is 1. The largest absolute Gasteiger partial charge is 0.491 e. The zero-order valence-electron chi connectivity index (χ0n) is 21.6. The number of amides is 3. The van der Waals surface area contributed by atoms with Gasteiger partial charge >= 0.3 is 6.03 Å². The molecule has 1 atom stereocenters. The second-order valence-electron chi connectivity index (χ2n) is 9.82. The van der Waals surface area contributed by atoms with Gasteiger partial charge in [0.2, 0.25) is 5.91 Å². The Labute approximate surface area is 228 Å². The van der Waals surface area contributed by atoms with Crippen molar-refractivity contribution in [3.8, 4) is 5.75 Å². The topological polar surface area (TPSA) is 61.9 Å². The second-order valence-corrected chi connectivity index (χ2v) is 11.3. The molecule has 3 aromatic rings. The third-order valence-electron chi connectivity index (χ3n) is 6.53. The third kappa shape index (κ3) is 7.27. The van der Waals surface area contributed by atoms with Crippen molar-refractivity contribution in [2.45, 2.75) is 39.7 Å². The monoisotopic (exact) mass is 539 g/mol. The number of rotatable bonds is 9. The van der Waals surface area contributed by atoms with E-state index >= 15 is 0 Å². The molecule has 1 aliphatic rings. The van der Waals surface area contributed by atoms with Gasteiger partial charge in [0, 0.05) is 28.7 Å². The van der Waals surface area contributed by atoms with Crippen LogP contribution in [-0.2, 0) is 11.2 Å². The van der Waals surface area contributed by atoms with Crippen molar-refractivity contribution in [1.82, 2.24) is 9.80 Å². The molecule has 0 aliphatic carbocycles. The Morgan fingerprint density at radius 2 is 1.86 bits per heavy atom. The number of hydrogen-bond acceptors (Lipinski definition) is 4. The lowest BCUT2D eigenvalue weighted by atomic mass is 10.0. The molecule has 1 aliphatic heterocycles. The number of nitrogens with one attached hydrogen (secondary N) is 1. The van der Waals surface area contributed by atoms with Gasteiger partial charge in [0.15, 0.2) is 0 Å². The average Bonchev–Trinajstić information content (AvgIpc) is 3.36. The van der Waals surface area contributed by atoms with E-state index < -0.39 is 0 Å². The van der Waals surface area contributed by atoms with E-state index in [1.165, 1.54) is 4.88 Å². The highest BCUT2D eigenvalue weighted by Crippen LogP contribution is 2.34. The number of nitrogens with zero attached hydrogens (tertiary/aromatic N) is 2. The van der Waals surface area contributed by atoms with Gasteiger partial charge in [-0.25, -0.2) is 4.79 Å². The Morgan fingerprint density at radius 1 is 1.14 bits per heavy atom. The predicted octanol–water partition coefficient (Wildman–Crippen LogP) is 6.79. The van der Waals surface area contributed by atoms with E-state index in [2.05, 4.69) is 30.6 Å². The lowest BCUT2D eigenvalue weighted by molar-refractivity contribution is -0.135. The van der Waals surface area contributed by atoms with Crippen molar-refractivity contribution in [2.24, 2.45) is 5.92 Å². The minimum Gasteiger partial charge on any atom is -0.491 e. The number of thiophene rings is 1. The number of urea groups is 1. The van der Waals surface area contributed by atoms with Crippen LogP contribution in [-0.4, -0.2) is 48.0 Å². The lowest BCUT2D eigenvalue weighted by Gasteiger charge is -2.37. The molecule has 4 rings (SSSR count). The molecule has 1 N–H and O–H groups in total. The molecule has 2 aromatic carbocycles. The van der Waals surface area contributed by atoms with Gasteiger partial charge in [-0.3, -0.25) is 4.79 Å². The number of ether oxygens (including phenoxy) is 1. The van der Waals surface area contributed by atoms with E-state index in [-0.39, 0.29) is 24.5 Å². The highest BCUT2D eigenvalue weighted by Gasteiger charge is 2.33. The first-order valence-corrected chi connectivity index (χ1v) is 13.9. The van der Waals surface area contributed by atoms with Crippen molar-refractivity contribution in [2.75, 3.05) is 31.6 Å². The van der Waals surface area contributed by atoms with Crippen molar-refractivity contribution in [3.63, 3.8) is 0 Å². The van der Waals surface area contributed by atoms with Gasteiger partial charge < -0.3 is 19.9 Å². The third-order valence-corrected chi connectivity index (χ3v) is 7.78. The first-order chi connectivity index (χ1) is 17.8. The molecule has 1 aromatic heterocycles. The minimum atomic E-state index is -0.264. The Bertz CT molecular complexity index is 1190. The summed E-state index contributed by atoms with van der Waals surface area (Å²) < 4.78 is 6.09. The van der Waals surface area contributed by atoms with Gasteiger partial charge in [-0.2, -0.15) is 0 Å². The fraction of sp³-hybridized carbons (Fsp3) is 0.379. The molecule has 0 spiro atoms. The molecule has 1 unspecified atom stereocenters. The van der Waals surface area contributed by atoms with E-state index in [1.807, 2.05) is 48.2 Å². The van der Waals surface area contributed by atoms with E-state index in [9.17, 15) is 9.59 Å². The molecule has 8 heteroatoms. The summed E-state index contributed by atoms with van der Waals surface area (Å²) in [6.07, 6.45) is 1.62. The number of carbonyl (C=O) groups excluding carboxylic acids is 2. The van der Waals surface area contributed by atoms with Crippen molar-refractivity contribution in [1.29, 1.82) is 0 Å². The van der Waals surface area contributed by atoms with E-state index in [0.717, 1.165) is 24.0 Å². The van der Waals surface area contributed by atoms with Crippen LogP contribution in [0, 0.1) is 12.8 Å². The molecule has 6 nitrogen and oxygen atoms in total. The number of aryl methyl sites for hydroxylation is 1. The lowest BCUT2D eigenvalue weighted by Crippen LogP contribution is -2.49. The second kappa shape index (κ2) is 12.5. The molecule has 0 saturated heterocycles. The summed E-state index contributed by atoms with van der Waals surface area (Å²) in [5, 5.41) is 5.67. The van der Waals surface area contributed by atoms with Crippen LogP contribution in [0.1, 0.15) is 42.3 Å². The smallest absolute Gasteiger partial charge is 0.322 e. The molecule has 196 valence electrons. The Hall–Kier alpha value is -3.03. The highest BCUT2D eigenvalue weighted by molar-refractivity contribution is 7.10. The summed E-state index contributed by atoms with van der Waals surface area (Å²) in [6.45, 7) is 7.68. The summed E-state index contributed by atoms with van der Waals surface area (Å²) in [7, 11) is 0. The summed E-state index contributed by atoms with van der Waals surface area (Å²) in [5.41, 5.74) is 2.96. The van der Waals surface area contributed by atoms with Gasteiger partial charge in [-0.1, -0.05) is 43.1 Å². The normalized spacial score (nSPS) is 14.8. The molecular formula is C29H34ClN3O3S. The number of hydrogen-bond donors (Lipinski definition) is 1. The summed E-state index contributed by atoms with van der Waals surface area (Å²) in [4.78, 5) is 31.7. The predicted molar refractivity (Wildman–Crippen MR) is 151 cm³/mol. The summed E-state index contributed by atoms with van der Waals surface area (Å²) in [5.74, 6) is 1.04. The zero-order chi connectivity index (χ0) is 26.4. The molecule has 0 radical (unpaired) electrons. The molecule has 0 saturated carbocycles. The van der Waals surface area contributed by atoms with Gasteiger partial charge in [-0.15, -0.1) is 11.3 Å². The highest BCUT2D eigenvalue weighted by atomic mass is 35.5. The molecule has 0 fully saturated rings. The van der Waals surface area contributed by atoms with Crippen LogP contribution in [0.15, 0.2) is 60.0 Å². The molecule has 0 bridgehead atoms. The quantitative estimate of drug-likeness (QED) is 0.325. The maximum atomic E-state index is 13.7. The van der Waals surface area contributed by atoms with Crippen LogP contribution < -0.4 is 10.1 Å². The van der Waals surface area contributed by atoms with Gasteiger partial charge in [0.1, 0.15) is 18.9 Å². The molecular weight excluding hydrogens is 506 g/mol. The number of anilines is 1. The van der Waals surface area contributed by atoms with Gasteiger partial charge in [0.05, 0.1) is 6.04 Å². The fourth-order valence-electron chi connectivity index (χ4n) is 4.34. The molecule has 3 amide bonds. The standard InChI is InChI=1S/C29H34ClN3O3S/c1-20(2)12-15-32(29(35)31-23-8-4-21(3)5-9-23)18-28(34)33-16-13-27-25(14-17-37-27)26(33)19-36-24-10-6-22(30)7-11-24/h4-11,14,17,20,26H,12-13,15-16,18-19H2,1-3H3,(H,31,35). The Kier molecular flexibility index (Phi) is 9.11. The maximum Gasteiger partial charge on any atom is 0.322 e. The van der Waals surface area contributed by atoms with Crippen LogP contribution in [0.2, 0.25) is 5.02 Å². The number of benzene rings is 2. The van der Waals surface area contributed by atoms with Crippen LogP contribution in [0.4, 0.5) is 10.5 Å². The van der Waals surface area contributed by atoms with Crippen molar-refractivity contribution >= 4 is 40.6 Å². The number of carbonyl (C=O) groups is 2. The molecule has 37 heavy (non-hydrogen) atoms. The number of fused-ring (bicyclic) bond motifs is 1. The van der Waals surface area contributed by atoms with Gasteiger partial charge in [-0.05, 0) is 79.1 Å². The average molecular weight is 540 g/mol. The zero-order valence-corrected chi connectivity index (χ0v) is 23.1.